The maximum atomic E-state index is 13.9. The number of para-hydroxylation sites is 1. The van der Waals surface area contributed by atoms with Gasteiger partial charge in [0.25, 0.3) is 11.8 Å². The van der Waals surface area contributed by atoms with Crippen molar-refractivity contribution in [2.24, 2.45) is 5.92 Å². The average molecular weight is 576 g/mol. The number of nitrogens with zero attached hydrogens (tertiary/aromatic N) is 3. The van der Waals surface area contributed by atoms with Gasteiger partial charge in [-0.1, -0.05) is 37.6 Å². The number of fused-ring (bicyclic) bond motifs is 1. The first kappa shape index (κ1) is 31.2. The number of hydrogen-bond acceptors (Lipinski definition) is 5. The van der Waals surface area contributed by atoms with Crippen molar-refractivity contribution < 1.29 is 28.2 Å². The number of benzene rings is 2. The molecule has 10 heteroatoms. The highest BCUT2D eigenvalue weighted by Crippen LogP contribution is 2.26. The van der Waals surface area contributed by atoms with E-state index in [9.17, 15) is 18.8 Å². The van der Waals surface area contributed by atoms with Crippen LogP contribution in [-0.2, 0) is 9.59 Å². The predicted molar refractivity (Wildman–Crippen MR) is 152 cm³/mol. The van der Waals surface area contributed by atoms with Crippen LogP contribution in [0.5, 0.6) is 11.5 Å². The van der Waals surface area contributed by atoms with Crippen molar-refractivity contribution in [1.82, 2.24) is 14.7 Å². The van der Waals surface area contributed by atoms with Crippen LogP contribution in [0.25, 0.3) is 0 Å². The van der Waals surface area contributed by atoms with E-state index in [1.165, 1.54) is 17.0 Å². The number of hydrogen-bond donors (Lipinski definition) is 0. The molecule has 0 unspecified atom stereocenters. The molecule has 0 saturated carbocycles. The van der Waals surface area contributed by atoms with Crippen LogP contribution in [-0.4, -0.2) is 85.4 Å². The van der Waals surface area contributed by atoms with Crippen molar-refractivity contribution in [3.63, 3.8) is 0 Å². The van der Waals surface area contributed by atoms with Gasteiger partial charge in [-0.3, -0.25) is 14.4 Å². The van der Waals surface area contributed by atoms with Gasteiger partial charge in [-0.05, 0) is 61.9 Å². The van der Waals surface area contributed by atoms with E-state index >= 15 is 0 Å². The van der Waals surface area contributed by atoms with Crippen molar-refractivity contribution in [3.8, 4) is 11.5 Å². The molecule has 1 aliphatic heterocycles. The van der Waals surface area contributed by atoms with Crippen molar-refractivity contribution >= 4 is 29.3 Å². The van der Waals surface area contributed by atoms with E-state index in [-0.39, 0.29) is 36.0 Å². The molecule has 218 valence electrons. The summed E-state index contributed by atoms with van der Waals surface area (Å²) >= 11 is 6.22. The Balaban J connectivity index is 1.78. The zero-order valence-electron chi connectivity index (χ0n) is 23.7. The Kier molecular flexibility index (Phi) is 11.6. The van der Waals surface area contributed by atoms with Crippen LogP contribution in [0.1, 0.15) is 49.9 Å². The molecule has 2 aromatic carbocycles. The molecule has 40 heavy (non-hydrogen) atoms. The van der Waals surface area contributed by atoms with Gasteiger partial charge >= 0.3 is 0 Å². The Morgan fingerprint density at radius 1 is 1.05 bits per heavy atom. The molecule has 0 aromatic heterocycles. The normalized spacial score (nSPS) is 18.3. The van der Waals surface area contributed by atoms with Crippen LogP contribution in [0, 0.1) is 11.7 Å². The molecule has 3 rings (SSSR count). The lowest BCUT2D eigenvalue weighted by Gasteiger charge is -2.33. The summed E-state index contributed by atoms with van der Waals surface area (Å²) in [6.07, 6.45) is 2.64. The Morgan fingerprint density at radius 3 is 2.42 bits per heavy atom. The number of rotatable bonds is 4. The molecule has 0 spiro atoms. The highest BCUT2D eigenvalue weighted by molar-refractivity contribution is 6.31. The van der Waals surface area contributed by atoms with E-state index in [0.29, 0.717) is 68.3 Å². The maximum Gasteiger partial charge on any atom is 0.260 e. The summed E-state index contributed by atoms with van der Waals surface area (Å²) in [5.41, 5.74) is 0.294. The minimum absolute atomic E-state index is 0.0350. The second kappa shape index (κ2) is 14.9. The predicted octanol–water partition coefficient (Wildman–Crippen LogP) is 4.89. The van der Waals surface area contributed by atoms with Gasteiger partial charge in [0, 0.05) is 38.8 Å². The molecule has 0 N–H and O–H groups in total. The number of amides is 3. The van der Waals surface area contributed by atoms with Crippen LogP contribution in [0.2, 0.25) is 5.02 Å². The number of likely N-dealkylation sites (N-methyl/N-ethyl adjacent to an activating group) is 2. The van der Waals surface area contributed by atoms with Crippen molar-refractivity contribution in [2.45, 2.75) is 45.6 Å². The molecule has 0 bridgehead atoms. The number of carbonyl (C=O) groups excluding carboxylic acids is 3. The van der Waals surface area contributed by atoms with Gasteiger partial charge in [0.1, 0.15) is 11.8 Å². The van der Waals surface area contributed by atoms with Crippen LogP contribution < -0.4 is 9.47 Å². The molecule has 1 heterocycles. The van der Waals surface area contributed by atoms with Crippen LogP contribution in [0.4, 0.5) is 4.39 Å². The lowest BCUT2D eigenvalue weighted by atomic mass is 10.00. The van der Waals surface area contributed by atoms with Gasteiger partial charge in [-0.15, -0.1) is 0 Å². The van der Waals surface area contributed by atoms with Crippen LogP contribution in [0.3, 0.4) is 0 Å². The molecular weight excluding hydrogens is 537 g/mol. The van der Waals surface area contributed by atoms with E-state index in [1.807, 2.05) is 13.8 Å². The summed E-state index contributed by atoms with van der Waals surface area (Å²) in [5, 5.41) is 0.395. The Morgan fingerprint density at radius 2 is 1.73 bits per heavy atom. The van der Waals surface area contributed by atoms with Crippen LogP contribution >= 0.6 is 11.6 Å². The SMILES string of the molecule is CC(C)[C@H]1C(=O)N(C)CCCCN(C(=O)COc2ccccc2F)CCCCOc2ccc(Cl)cc2C(=O)N1C. The zero-order valence-corrected chi connectivity index (χ0v) is 24.5. The zero-order chi connectivity index (χ0) is 29.2. The third-order valence-corrected chi connectivity index (χ3v) is 7.20. The minimum atomic E-state index is -0.673. The largest absolute Gasteiger partial charge is 0.493 e. The minimum Gasteiger partial charge on any atom is -0.493 e. The van der Waals surface area contributed by atoms with Crippen molar-refractivity contribution in [3.05, 3.63) is 58.9 Å². The van der Waals surface area contributed by atoms with Gasteiger partial charge in [0.05, 0.1) is 12.2 Å². The lowest BCUT2D eigenvalue weighted by molar-refractivity contribution is -0.136. The average Bonchev–Trinajstić information content (AvgIpc) is 2.92. The van der Waals surface area contributed by atoms with Crippen molar-refractivity contribution in [2.75, 3.05) is 46.9 Å². The molecule has 8 nitrogen and oxygen atoms in total. The fourth-order valence-corrected chi connectivity index (χ4v) is 4.91. The first-order valence-corrected chi connectivity index (χ1v) is 14.1. The quantitative estimate of drug-likeness (QED) is 0.518. The highest BCUT2D eigenvalue weighted by Gasteiger charge is 2.33. The molecule has 0 saturated heterocycles. The second-order valence-electron chi connectivity index (χ2n) is 10.4. The number of ether oxygens (including phenoxy) is 2. The lowest BCUT2D eigenvalue weighted by Crippen LogP contribution is -2.51. The standard InChI is InChI=1S/C30H39ClFN3O5/c1-21(2)28-30(38)33(3)15-7-8-16-35(27(36)20-40-26-12-6-5-11-24(26)32)17-9-10-18-39-25-14-13-22(31)19-23(25)29(37)34(28)4/h5-6,11-14,19,21,28H,7-10,15-18,20H2,1-4H3/t28-/m0/s1. The van der Waals surface area contributed by atoms with Gasteiger partial charge < -0.3 is 24.2 Å². The third kappa shape index (κ3) is 8.34. The second-order valence-corrected chi connectivity index (χ2v) is 10.8. The van der Waals surface area contributed by atoms with Gasteiger partial charge in [0.2, 0.25) is 5.91 Å². The number of halogens is 2. The molecule has 0 radical (unpaired) electrons. The van der Waals surface area contributed by atoms with Gasteiger partial charge in [0.15, 0.2) is 18.2 Å². The van der Waals surface area contributed by atoms with E-state index in [4.69, 9.17) is 21.1 Å². The summed E-state index contributed by atoms with van der Waals surface area (Å²) in [4.78, 5) is 44.8. The molecule has 0 aliphatic carbocycles. The van der Waals surface area contributed by atoms with E-state index in [0.717, 1.165) is 0 Å². The molecular formula is C30H39ClFN3O5. The summed E-state index contributed by atoms with van der Waals surface area (Å²) in [6, 6.07) is 10.2. The Hall–Kier alpha value is -3.33. The van der Waals surface area contributed by atoms with Crippen molar-refractivity contribution in [1.29, 1.82) is 0 Å². The molecule has 2 aromatic rings. The van der Waals surface area contributed by atoms with E-state index in [1.54, 1.807) is 54.2 Å². The first-order chi connectivity index (χ1) is 19.1. The maximum absolute atomic E-state index is 13.9. The summed E-state index contributed by atoms with van der Waals surface area (Å²) < 4.78 is 25.4. The number of carbonyl (C=O) groups is 3. The summed E-state index contributed by atoms with van der Waals surface area (Å²) in [5.74, 6) is -0.960. The fourth-order valence-electron chi connectivity index (χ4n) is 4.74. The smallest absolute Gasteiger partial charge is 0.260 e. The van der Waals surface area contributed by atoms with E-state index < -0.39 is 11.9 Å². The Labute approximate surface area is 241 Å². The highest BCUT2D eigenvalue weighted by atomic mass is 35.5. The summed E-state index contributed by atoms with van der Waals surface area (Å²) in [7, 11) is 3.35. The summed E-state index contributed by atoms with van der Waals surface area (Å²) in [6.45, 7) is 5.31. The van der Waals surface area contributed by atoms with Gasteiger partial charge in [-0.2, -0.15) is 0 Å². The van der Waals surface area contributed by atoms with E-state index in [2.05, 4.69) is 0 Å². The molecule has 1 aliphatic rings. The Bertz CT molecular complexity index is 1180. The topological polar surface area (TPSA) is 79.4 Å². The molecule has 1 atom stereocenters. The third-order valence-electron chi connectivity index (χ3n) is 6.96. The molecule has 0 fully saturated rings. The molecule has 3 amide bonds. The van der Waals surface area contributed by atoms with Crippen LogP contribution in [0.15, 0.2) is 42.5 Å². The monoisotopic (exact) mass is 575 g/mol. The van der Waals surface area contributed by atoms with Gasteiger partial charge in [-0.25, -0.2) is 4.39 Å². The fraction of sp³-hybridized carbons (Fsp3) is 0.500. The first-order valence-electron chi connectivity index (χ1n) is 13.7.